The molecule has 0 aliphatic carbocycles. The smallest absolute Gasteiger partial charge is 0.295 e. The number of aryl methyl sites for hydroxylation is 1. The van der Waals surface area contributed by atoms with E-state index in [1.165, 1.54) is 0 Å². The molecule has 1 fully saturated rings. The van der Waals surface area contributed by atoms with E-state index >= 15 is 0 Å². The van der Waals surface area contributed by atoms with Gasteiger partial charge in [-0.05, 0) is 44.1 Å². The number of hydrogen-bond donors (Lipinski definition) is 1. The van der Waals surface area contributed by atoms with E-state index < -0.39 is 17.7 Å². The number of nitrogens with zero attached hydrogens (tertiary/aromatic N) is 2. The number of aliphatic hydroxyl groups is 1. The Labute approximate surface area is 214 Å². The number of hydrogen-bond acceptors (Lipinski definition) is 6. The van der Waals surface area contributed by atoms with Gasteiger partial charge in [-0.1, -0.05) is 63.1 Å². The summed E-state index contributed by atoms with van der Waals surface area (Å²) in [5.74, 6) is -0.338. The van der Waals surface area contributed by atoms with Crippen LogP contribution >= 0.6 is 0 Å². The fourth-order valence-corrected chi connectivity index (χ4v) is 4.41. The van der Waals surface area contributed by atoms with Gasteiger partial charge in [0.15, 0.2) is 11.5 Å². The van der Waals surface area contributed by atoms with E-state index in [2.05, 4.69) is 25.7 Å². The van der Waals surface area contributed by atoms with Crippen LogP contribution < -0.4 is 9.47 Å². The zero-order chi connectivity index (χ0) is 26.2. The summed E-state index contributed by atoms with van der Waals surface area (Å²) in [4.78, 5) is 30.3. The van der Waals surface area contributed by atoms with Gasteiger partial charge in [0.2, 0.25) is 0 Å². The van der Waals surface area contributed by atoms with E-state index in [9.17, 15) is 14.7 Å². The number of ketones is 1. The van der Waals surface area contributed by atoms with Crippen LogP contribution in [-0.4, -0.2) is 66.5 Å². The normalized spacial score (nSPS) is 17.2. The standard InChI is InChI=1S/C29H38N2O5/c1-6-9-18-36-23-15-14-22(19-24(23)35-5)26-25(27(32)21-12-10-20(4)11-13-21)28(33)29(34)31(26)17-16-30(7-2)8-3/h10-15,19,26,32H,6-9,16-18H2,1-5H3. The Balaban J connectivity index is 2.09. The monoisotopic (exact) mass is 494 g/mol. The second kappa shape index (κ2) is 12.6. The maximum absolute atomic E-state index is 13.3. The second-order valence-electron chi connectivity index (χ2n) is 9.00. The Kier molecular flexibility index (Phi) is 9.53. The number of rotatable bonds is 12. The first-order valence-electron chi connectivity index (χ1n) is 12.7. The SMILES string of the molecule is CCCCOc1ccc(C2C(=C(O)c3ccc(C)cc3)C(=O)C(=O)N2CCN(CC)CC)cc1OC. The van der Waals surface area contributed by atoms with Crippen molar-refractivity contribution < 1.29 is 24.2 Å². The predicted molar refractivity (Wildman–Crippen MR) is 141 cm³/mol. The molecule has 0 bridgehead atoms. The van der Waals surface area contributed by atoms with Gasteiger partial charge < -0.3 is 24.4 Å². The maximum atomic E-state index is 13.3. The van der Waals surface area contributed by atoms with Gasteiger partial charge in [-0.3, -0.25) is 9.59 Å². The molecule has 1 atom stereocenters. The van der Waals surface area contributed by atoms with Crippen molar-refractivity contribution in [1.29, 1.82) is 0 Å². The summed E-state index contributed by atoms with van der Waals surface area (Å²) >= 11 is 0. The molecule has 1 aliphatic rings. The van der Waals surface area contributed by atoms with Crippen LogP contribution in [0.15, 0.2) is 48.0 Å². The van der Waals surface area contributed by atoms with Crippen LogP contribution in [0.1, 0.15) is 56.3 Å². The topological polar surface area (TPSA) is 79.3 Å². The molecule has 1 unspecified atom stereocenters. The van der Waals surface area contributed by atoms with Crippen molar-refractivity contribution in [3.63, 3.8) is 0 Å². The van der Waals surface area contributed by atoms with Crippen LogP contribution in [0.2, 0.25) is 0 Å². The lowest BCUT2D eigenvalue weighted by atomic mass is 9.94. The molecule has 0 saturated carbocycles. The van der Waals surface area contributed by atoms with E-state index in [0.717, 1.165) is 31.5 Å². The van der Waals surface area contributed by atoms with E-state index in [0.29, 0.717) is 42.3 Å². The van der Waals surface area contributed by atoms with Crippen LogP contribution in [0, 0.1) is 6.92 Å². The van der Waals surface area contributed by atoms with Crippen LogP contribution in [0.5, 0.6) is 11.5 Å². The first kappa shape index (κ1) is 27.3. The van der Waals surface area contributed by atoms with Gasteiger partial charge >= 0.3 is 0 Å². The average Bonchev–Trinajstić information content (AvgIpc) is 3.14. The van der Waals surface area contributed by atoms with Crippen molar-refractivity contribution in [3.05, 3.63) is 64.7 Å². The van der Waals surface area contributed by atoms with E-state index in [4.69, 9.17) is 9.47 Å². The number of benzene rings is 2. The Morgan fingerprint density at radius 3 is 2.33 bits per heavy atom. The molecule has 0 aromatic heterocycles. The van der Waals surface area contributed by atoms with E-state index in [-0.39, 0.29) is 11.3 Å². The van der Waals surface area contributed by atoms with Crippen molar-refractivity contribution >= 4 is 17.4 Å². The molecule has 0 spiro atoms. The van der Waals surface area contributed by atoms with Crippen LogP contribution in [0.3, 0.4) is 0 Å². The summed E-state index contributed by atoms with van der Waals surface area (Å²) in [6.07, 6.45) is 1.94. The summed E-state index contributed by atoms with van der Waals surface area (Å²) in [6, 6.07) is 12.0. The first-order chi connectivity index (χ1) is 17.4. The Bertz CT molecular complexity index is 1090. The predicted octanol–water partition coefficient (Wildman–Crippen LogP) is 4.95. The largest absolute Gasteiger partial charge is 0.507 e. The molecular formula is C29H38N2O5. The highest BCUT2D eigenvalue weighted by Crippen LogP contribution is 2.42. The molecule has 1 amide bonds. The maximum Gasteiger partial charge on any atom is 0.295 e. The third-order valence-corrected chi connectivity index (χ3v) is 6.68. The Hall–Kier alpha value is -3.32. The number of methoxy groups -OCH3 is 1. The minimum absolute atomic E-state index is 0.0881. The highest BCUT2D eigenvalue weighted by Gasteiger charge is 2.46. The summed E-state index contributed by atoms with van der Waals surface area (Å²) in [7, 11) is 1.56. The lowest BCUT2D eigenvalue weighted by molar-refractivity contribution is -0.140. The number of unbranched alkanes of at least 4 members (excludes halogenated alkanes) is 1. The van der Waals surface area contributed by atoms with Crippen molar-refractivity contribution in [2.45, 2.75) is 46.6 Å². The number of carbonyl (C=O) groups excluding carboxylic acids is 2. The number of carbonyl (C=O) groups is 2. The highest BCUT2D eigenvalue weighted by molar-refractivity contribution is 6.46. The van der Waals surface area contributed by atoms with Gasteiger partial charge in [-0.15, -0.1) is 0 Å². The molecule has 194 valence electrons. The minimum Gasteiger partial charge on any atom is -0.507 e. The van der Waals surface area contributed by atoms with E-state index in [1.807, 2.05) is 25.1 Å². The lowest BCUT2D eigenvalue weighted by Gasteiger charge is -2.28. The number of ether oxygens (including phenoxy) is 2. The molecule has 2 aromatic carbocycles. The van der Waals surface area contributed by atoms with E-state index in [1.54, 1.807) is 36.3 Å². The van der Waals surface area contributed by atoms with Gasteiger partial charge in [-0.2, -0.15) is 0 Å². The zero-order valence-corrected chi connectivity index (χ0v) is 22.0. The molecule has 1 saturated heterocycles. The van der Waals surface area contributed by atoms with Gasteiger partial charge in [0.1, 0.15) is 5.76 Å². The van der Waals surface area contributed by atoms with Crippen LogP contribution in [-0.2, 0) is 9.59 Å². The molecule has 7 nitrogen and oxygen atoms in total. The third kappa shape index (κ3) is 5.90. The number of Topliss-reactive ketones (excluding diaryl/α,β-unsaturated/α-hetero) is 1. The molecule has 0 radical (unpaired) electrons. The van der Waals surface area contributed by atoms with Gasteiger partial charge in [0.25, 0.3) is 11.7 Å². The number of amides is 1. The van der Waals surface area contributed by atoms with Crippen molar-refractivity contribution in [2.24, 2.45) is 0 Å². The summed E-state index contributed by atoms with van der Waals surface area (Å²) in [5, 5.41) is 11.3. The Morgan fingerprint density at radius 2 is 1.72 bits per heavy atom. The average molecular weight is 495 g/mol. The molecule has 36 heavy (non-hydrogen) atoms. The summed E-state index contributed by atoms with van der Waals surface area (Å²) < 4.78 is 11.5. The highest BCUT2D eigenvalue weighted by atomic mass is 16.5. The molecule has 7 heteroatoms. The fourth-order valence-electron chi connectivity index (χ4n) is 4.41. The molecule has 1 heterocycles. The Morgan fingerprint density at radius 1 is 1.03 bits per heavy atom. The van der Waals surface area contributed by atoms with Crippen LogP contribution in [0.25, 0.3) is 5.76 Å². The van der Waals surface area contributed by atoms with Crippen molar-refractivity contribution in [3.8, 4) is 11.5 Å². The van der Waals surface area contributed by atoms with Gasteiger partial charge in [0.05, 0.1) is 25.3 Å². The number of aliphatic hydroxyl groups excluding tert-OH is 1. The van der Waals surface area contributed by atoms with Gasteiger partial charge in [0, 0.05) is 18.7 Å². The number of likely N-dealkylation sites (tertiary alicyclic amines) is 1. The molecule has 1 aliphatic heterocycles. The summed E-state index contributed by atoms with van der Waals surface area (Å²) in [6.45, 7) is 11.4. The quantitative estimate of drug-likeness (QED) is 0.195. The second-order valence-corrected chi connectivity index (χ2v) is 9.00. The molecule has 3 rings (SSSR count). The minimum atomic E-state index is -0.736. The number of likely N-dealkylation sites (N-methyl/N-ethyl adjacent to an activating group) is 1. The molecule has 1 N–H and O–H groups in total. The first-order valence-corrected chi connectivity index (χ1v) is 12.7. The van der Waals surface area contributed by atoms with Gasteiger partial charge in [-0.25, -0.2) is 0 Å². The molecular weight excluding hydrogens is 456 g/mol. The van der Waals surface area contributed by atoms with Crippen molar-refractivity contribution in [2.75, 3.05) is 39.9 Å². The lowest BCUT2D eigenvalue weighted by Crippen LogP contribution is -2.38. The molecule has 2 aromatic rings. The zero-order valence-electron chi connectivity index (χ0n) is 22.0. The summed E-state index contributed by atoms with van der Waals surface area (Å²) in [5.41, 5.74) is 2.30. The fraction of sp³-hybridized carbons (Fsp3) is 0.448. The third-order valence-electron chi connectivity index (χ3n) is 6.68. The van der Waals surface area contributed by atoms with Crippen LogP contribution in [0.4, 0.5) is 0 Å². The van der Waals surface area contributed by atoms with Crippen molar-refractivity contribution in [1.82, 2.24) is 9.80 Å².